The third-order valence-corrected chi connectivity index (χ3v) is 8.01. The van der Waals surface area contributed by atoms with Crippen molar-refractivity contribution >= 4 is 11.7 Å². The molecule has 40 heavy (non-hydrogen) atoms. The van der Waals surface area contributed by atoms with E-state index in [1.165, 1.54) is 11.1 Å². The van der Waals surface area contributed by atoms with Gasteiger partial charge >= 0.3 is 5.97 Å². The van der Waals surface area contributed by atoms with Crippen LogP contribution in [0.25, 0.3) is 11.3 Å². The number of carboxylic acids is 1. The van der Waals surface area contributed by atoms with E-state index in [1.807, 2.05) is 46.0 Å². The van der Waals surface area contributed by atoms with Crippen molar-refractivity contribution in [2.24, 2.45) is 5.41 Å². The molecule has 7 nitrogen and oxygen atoms in total. The smallest absolute Gasteiger partial charge is 0.337 e. The molecule has 7 heteroatoms. The minimum atomic E-state index is -1.15. The van der Waals surface area contributed by atoms with E-state index in [0.29, 0.717) is 11.3 Å². The molecule has 2 aromatic heterocycles. The highest BCUT2D eigenvalue weighted by Crippen LogP contribution is 2.43. The summed E-state index contributed by atoms with van der Waals surface area (Å²) in [6, 6.07) is 12.4. The highest BCUT2D eigenvalue weighted by molar-refractivity contribution is 5.85. The van der Waals surface area contributed by atoms with Crippen LogP contribution in [0.3, 0.4) is 0 Å². The zero-order valence-electron chi connectivity index (χ0n) is 24.5. The number of anilines is 1. The number of carbonyl (C=O) groups is 1. The van der Waals surface area contributed by atoms with Gasteiger partial charge in [-0.05, 0) is 69.2 Å². The monoisotopic (exact) mass is 543 g/mol. The molecule has 1 aliphatic carbocycles. The number of benzene rings is 1. The van der Waals surface area contributed by atoms with Gasteiger partial charge in [0.1, 0.15) is 11.9 Å². The van der Waals surface area contributed by atoms with Gasteiger partial charge in [0.05, 0.1) is 23.2 Å². The summed E-state index contributed by atoms with van der Waals surface area (Å²) in [5.41, 5.74) is 5.93. The summed E-state index contributed by atoms with van der Waals surface area (Å²) in [6.45, 7) is 13.7. The number of hydrogen-bond acceptors (Lipinski definition) is 6. The number of ether oxygens (including phenoxy) is 2. The third kappa shape index (κ3) is 6.15. The number of rotatable bonds is 7. The van der Waals surface area contributed by atoms with E-state index >= 15 is 0 Å². The van der Waals surface area contributed by atoms with Gasteiger partial charge in [0, 0.05) is 48.9 Å². The highest BCUT2D eigenvalue weighted by Gasteiger charge is 2.36. The molecule has 0 radical (unpaired) electrons. The lowest BCUT2D eigenvalue weighted by molar-refractivity contribution is -0.160. The third-order valence-electron chi connectivity index (χ3n) is 8.01. The largest absolute Gasteiger partial charge is 0.488 e. The first kappa shape index (κ1) is 28.1. The van der Waals surface area contributed by atoms with Crippen LogP contribution in [-0.4, -0.2) is 45.8 Å². The van der Waals surface area contributed by atoms with Gasteiger partial charge in [-0.1, -0.05) is 38.1 Å². The summed E-state index contributed by atoms with van der Waals surface area (Å²) < 4.78 is 12.4. The number of aliphatic carboxylic acids is 1. The first-order valence-corrected chi connectivity index (χ1v) is 14.3. The zero-order valence-corrected chi connectivity index (χ0v) is 24.5. The van der Waals surface area contributed by atoms with Crippen molar-refractivity contribution in [3.05, 3.63) is 71.2 Å². The maximum absolute atomic E-state index is 12.6. The number of carboxylic acid groups (broad SMARTS) is 1. The lowest BCUT2D eigenvalue weighted by atomic mass is 9.82. The van der Waals surface area contributed by atoms with Crippen LogP contribution in [0.4, 0.5) is 5.69 Å². The van der Waals surface area contributed by atoms with Crippen molar-refractivity contribution in [1.29, 1.82) is 0 Å². The number of aromatic nitrogens is 2. The van der Waals surface area contributed by atoms with Crippen molar-refractivity contribution < 1.29 is 19.4 Å². The van der Waals surface area contributed by atoms with Gasteiger partial charge in [0.2, 0.25) is 0 Å². The molecule has 1 atom stereocenters. The van der Waals surface area contributed by atoms with E-state index < -0.39 is 17.7 Å². The van der Waals surface area contributed by atoms with Gasteiger partial charge in [-0.3, -0.25) is 9.97 Å². The van der Waals surface area contributed by atoms with E-state index in [4.69, 9.17) is 14.5 Å². The van der Waals surface area contributed by atoms with Gasteiger partial charge in [0.15, 0.2) is 6.10 Å². The van der Waals surface area contributed by atoms with Crippen LogP contribution >= 0.6 is 0 Å². The Labute approximate surface area is 237 Å². The second kappa shape index (κ2) is 10.8. The summed E-state index contributed by atoms with van der Waals surface area (Å²) >= 11 is 0. The maximum atomic E-state index is 12.6. The Morgan fingerprint density at radius 2 is 1.68 bits per heavy atom. The second-order valence-corrected chi connectivity index (χ2v) is 12.9. The van der Waals surface area contributed by atoms with Crippen molar-refractivity contribution in [1.82, 2.24) is 9.97 Å². The summed E-state index contributed by atoms with van der Waals surface area (Å²) in [6.07, 6.45) is 6.33. The van der Waals surface area contributed by atoms with Gasteiger partial charge in [0.25, 0.3) is 0 Å². The summed E-state index contributed by atoms with van der Waals surface area (Å²) in [7, 11) is 0. The highest BCUT2D eigenvalue weighted by atomic mass is 16.5. The minimum absolute atomic E-state index is 0.0934. The van der Waals surface area contributed by atoms with E-state index in [0.717, 1.165) is 61.5 Å². The van der Waals surface area contributed by atoms with Crippen LogP contribution in [0.15, 0.2) is 48.8 Å². The molecule has 5 rings (SSSR count). The van der Waals surface area contributed by atoms with Gasteiger partial charge in [-0.15, -0.1) is 0 Å². The number of hydrogen-bond donors (Lipinski definition) is 1. The molecular weight excluding hydrogens is 502 g/mol. The predicted molar refractivity (Wildman–Crippen MR) is 157 cm³/mol. The van der Waals surface area contributed by atoms with Crippen molar-refractivity contribution in [3.63, 3.8) is 0 Å². The average Bonchev–Trinajstić information content (AvgIpc) is 3.30. The van der Waals surface area contributed by atoms with Crippen molar-refractivity contribution in [3.8, 4) is 17.0 Å². The topological polar surface area (TPSA) is 84.8 Å². The fraction of sp³-hybridized carbons (Fsp3) is 0.485. The Morgan fingerprint density at radius 1 is 1.02 bits per heavy atom. The van der Waals surface area contributed by atoms with Crippen LogP contribution in [0.2, 0.25) is 0 Å². The van der Waals surface area contributed by atoms with Crippen LogP contribution in [-0.2, 0) is 22.4 Å². The zero-order chi connectivity index (χ0) is 28.7. The molecule has 1 aliphatic heterocycles. The second-order valence-electron chi connectivity index (χ2n) is 12.9. The fourth-order valence-electron chi connectivity index (χ4n) is 5.78. The quantitative estimate of drug-likeness (QED) is 0.361. The molecule has 0 amide bonds. The Kier molecular flexibility index (Phi) is 7.62. The molecule has 1 N–H and O–H groups in total. The summed E-state index contributed by atoms with van der Waals surface area (Å²) in [5, 5.41) is 10.3. The Bertz CT molecular complexity index is 1340. The molecule has 1 aromatic carbocycles. The minimum Gasteiger partial charge on any atom is -0.488 e. The maximum Gasteiger partial charge on any atom is 0.337 e. The molecule has 0 spiro atoms. The van der Waals surface area contributed by atoms with Crippen LogP contribution < -0.4 is 9.64 Å². The van der Waals surface area contributed by atoms with Gasteiger partial charge in [-0.2, -0.15) is 0 Å². The molecule has 0 saturated carbocycles. The van der Waals surface area contributed by atoms with E-state index in [2.05, 4.69) is 48.0 Å². The van der Waals surface area contributed by atoms with E-state index in [-0.39, 0.29) is 11.5 Å². The van der Waals surface area contributed by atoms with Crippen molar-refractivity contribution in [2.75, 3.05) is 18.0 Å². The number of piperidine rings is 1. The van der Waals surface area contributed by atoms with Crippen molar-refractivity contribution in [2.45, 2.75) is 85.0 Å². The lowest BCUT2D eigenvalue weighted by Gasteiger charge is -2.40. The van der Waals surface area contributed by atoms with Gasteiger partial charge in [-0.25, -0.2) is 4.79 Å². The average molecular weight is 544 g/mol. The molecule has 1 saturated heterocycles. The van der Waals surface area contributed by atoms with E-state index in [1.54, 1.807) is 6.20 Å². The fourth-order valence-corrected chi connectivity index (χ4v) is 5.78. The van der Waals surface area contributed by atoms with Crippen LogP contribution in [0.1, 0.15) is 75.9 Å². The molecule has 1 fully saturated rings. The van der Waals surface area contributed by atoms with Crippen LogP contribution in [0.5, 0.6) is 5.75 Å². The Morgan fingerprint density at radius 3 is 2.23 bits per heavy atom. The number of nitrogens with zero attached hydrogens (tertiary/aromatic N) is 3. The predicted octanol–water partition coefficient (Wildman–Crippen LogP) is 6.57. The Balaban J connectivity index is 1.50. The molecule has 3 heterocycles. The summed E-state index contributed by atoms with van der Waals surface area (Å²) in [4.78, 5) is 24.4. The van der Waals surface area contributed by atoms with Crippen LogP contribution in [0, 0.1) is 12.3 Å². The number of fused-ring (bicyclic) bond motifs is 1. The molecule has 2 aliphatic rings. The van der Waals surface area contributed by atoms with E-state index in [9.17, 15) is 9.90 Å². The first-order valence-electron chi connectivity index (χ1n) is 14.3. The number of pyridine rings is 2. The summed E-state index contributed by atoms with van der Waals surface area (Å²) in [5.74, 6) is -0.299. The standard InChI is InChI=1S/C33H41N3O4/c1-21-28(30(31(37)38)40-32(2,3)4)29(36-15-13-33(5,6)14-16-36)26(20-34-21)27-12-11-24(19-35-27)39-25-17-22-9-7-8-10-23(22)18-25/h7-12,19-20,25,30H,13-18H2,1-6H3,(H,37,38)/t30-/m0/s1. The lowest BCUT2D eigenvalue weighted by Crippen LogP contribution is -2.39. The first-order chi connectivity index (χ1) is 18.9. The normalized spacial score (nSPS) is 17.9. The molecule has 3 aromatic rings. The molecular formula is C33H41N3O4. The Hall–Kier alpha value is -3.45. The van der Waals surface area contributed by atoms with Gasteiger partial charge < -0.3 is 19.5 Å². The molecule has 0 bridgehead atoms. The molecule has 212 valence electrons. The number of aryl methyl sites for hydroxylation is 1. The molecule has 0 unspecified atom stereocenters. The SMILES string of the molecule is Cc1ncc(-c2ccc(OC3Cc4ccccc4C3)cn2)c(N2CCC(C)(C)CC2)c1[C@H](OC(C)(C)C)C(=O)O.